The quantitative estimate of drug-likeness (QED) is 0.205. The molecule has 194 valence electrons. The zero-order valence-corrected chi connectivity index (χ0v) is 23.3. The van der Waals surface area contributed by atoms with Crippen molar-refractivity contribution in [3.05, 3.63) is 139 Å². The lowest BCUT2D eigenvalue weighted by molar-refractivity contribution is 1.17. The first kappa shape index (κ1) is 23.5. The molecule has 3 heterocycles. The molecule has 6 aromatic rings. The molecular weight excluding hydrogens is 529 g/mol. The Morgan fingerprint density at radius 3 is 2.10 bits per heavy atom. The summed E-state index contributed by atoms with van der Waals surface area (Å²) in [5, 5.41) is 9.71. The summed E-state index contributed by atoms with van der Waals surface area (Å²) in [5.74, 6) is 0. The molecule has 0 saturated heterocycles. The number of fused-ring (bicyclic) bond motifs is 6. The van der Waals surface area contributed by atoms with E-state index in [9.17, 15) is 5.26 Å². The minimum atomic E-state index is 0.0997. The molecule has 0 saturated carbocycles. The molecule has 0 spiro atoms. The molecule has 0 aliphatic carbocycles. The van der Waals surface area contributed by atoms with Crippen LogP contribution in [0.3, 0.4) is 0 Å². The molecule has 0 bridgehead atoms. The molecule has 0 amide bonds. The van der Waals surface area contributed by atoms with Gasteiger partial charge in [0.25, 0.3) is 6.71 Å². The molecule has 6 aromatic carbocycles. The summed E-state index contributed by atoms with van der Waals surface area (Å²) in [6.07, 6.45) is 0. The van der Waals surface area contributed by atoms with E-state index in [1.165, 1.54) is 54.6 Å². The van der Waals surface area contributed by atoms with Crippen LogP contribution in [0.2, 0.25) is 0 Å². The summed E-state index contributed by atoms with van der Waals surface area (Å²) >= 11 is 1.86. The van der Waals surface area contributed by atoms with Crippen LogP contribution in [0.25, 0.3) is 11.1 Å². The van der Waals surface area contributed by atoms with Crippen molar-refractivity contribution in [1.82, 2.24) is 0 Å². The SMILES string of the molecule is N#Cc1cccc(-c2cc3c4c(c2)N2c5ccccc5Sc5cccc(c52)B4c2ccccc2N3c2ccccc2)c1. The fourth-order valence-corrected chi connectivity index (χ4v) is 8.03. The summed E-state index contributed by atoms with van der Waals surface area (Å²) in [5.41, 5.74) is 13.9. The minimum absolute atomic E-state index is 0.0997. The third-order valence-corrected chi connectivity index (χ3v) is 9.74. The first-order valence-corrected chi connectivity index (χ1v) is 14.9. The van der Waals surface area contributed by atoms with Crippen LogP contribution in [0.5, 0.6) is 0 Å². The molecule has 9 rings (SSSR count). The van der Waals surface area contributed by atoms with Crippen LogP contribution in [0.15, 0.2) is 143 Å². The number of nitrogens with zero attached hydrogens (tertiary/aromatic N) is 3. The van der Waals surface area contributed by atoms with Crippen LogP contribution < -0.4 is 26.2 Å². The highest BCUT2D eigenvalue weighted by molar-refractivity contribution is 7.99. The van der Waals surface area contributed by atoms with Gasteiger partial charge in [-0.1, -0.05) is 84.6 Å². The lowest BCUT2D eigenvalue weighted by atomic mass is 9.33. The van der Waals surface area contributed by atoms with Crippen molar-refractivity contribution in [2.24, 2.45) is 0 Å². The maximum absolute atomic E-state index is 9.71. The van der Waals surface area contributed by atoms with E-state index in [2.05, 4.69) is 131 Å². The molecule has 42 heavy (non-hydrogen) atoms. The third kappa shape index (κ3) is 3.24. The van der Waals surface area contributed by atoms with Gasteiger partial charge < -0.3 is 9.80 Å². The Morgan fingerprint density at radius 2 is 1.24 bits per heavy atom. The van der Waals surface area contributed by atoms with Crippen LogP contribution in [-0.2, 0) is 0 Å². The number of hydrogen-bond acceptors (Lipinski definition) is 4. The summed E-state index contributed by atoms with van der Waals surface area (Å²) < 4.78 is 0. The number of anilines is 6. The zero-order valence-electron chi connectivity index (χ0n) is 22.5. The second-order valence-corrected chi connectivity index (χ2v) is 12.0. The zero-order chi connectivity index (χ0) is 27.8. The lowest BCUT2D eigenvalue weighted by Gasteiger charge is -2.46. The van der Waals surface area contributed by atoms with Gasteiger partial charge >= 0.3 is 0 Å². The van der Waals surface area contributed by atoms with Gasteiger partial charge in [0.2, 0.25) is 0 Å². The van der Waals surface area contributed by atoms with E-state index in [-0.39, 0.29) is 6.71 Å². The number of benzene rings is 6. The van der Waals surface area contributed by atoms with Crippen molar-refractivity contribution in [3.63, 3.8) is 0 Å². The summed E-state index contributed by atoms with van der Waals surface area (Å²) in [6.45, 7) is 0.0997. The van der Waals surface area contributed by atoms with E-state index in [0.29, 0.717) is 5.56 Å². The summed E-state index contributed by atoms with van der Waals surface area (Å²) in [4.78, 5) is 7.43. The fourth-order valence-electron chi connectivity index (χ4n) is 6.93. The Balaban J connectivity index is 1.43. The first-order valence-electron chi connectivity index (χ1n) is 14.1. The third-order valence-electron chi connectivity index (χ3n) is 8.63. The van der Waals surface area contributed by atoms with Crippen LogP contribution in [0.1, 0.15) is 5.56 Å². The minimum Gasteiger partial charge on any atom is -0.311 e. The largest absolute Gasteiger partial charge is 0.311 e. The summed E-state index contributed by atoms with van der Waals surface area (Å²) in [7, 11) is 0. The highest BCUT2D eigenvalue weighted by atomic mass is 32.2. The van der Waals surface area contributed by atoms with E-state index >= 15 is 0 Å². The van der Waals surface area contributed by atoms with Crippen molar-refractivity contribution >= 4 is 69.0 Å². The van der Waals surface area contributed by atoms with Crippen molar-refractivity contribution in [3.8, 4) is 17.2 Å². The van der Waals surface area contributed by atoms with Crippen molar-refractivity contribution in [1.29, 1.82) is 5.26 Å². The second kappa shape index (κ2) is 8.91. The van der Waals surface area contributed by atoms with Gasteiger partial charge in [0, 0.05) is 32.5 Å². The molecular formula is C37H22BN3S. The van der Waals surface area contributed by atoms with Crippen LogP contribution in [0.4, 0.5) is 34.1 Å². The van der Waals surface area contributed by atoms with Crippen molar-refractivity contribution in [2.75, 3.05) is 9.80 Å². The van der Waals surface area contributed by atoms with Gasteiger partial charge in [-0.2, -0.15) is 5.26 Å². The normalized spacial score (nSPS) is 13.5. The first-order chi connectivity index (χ1) is 20.8. The molecule has 0 aromatic heterocycles. The fraction of sp³-hybridized carbons (Fsp3) is 0. The molecule has 3 aliphatic heterocycles. The van der Waals surface area contributed by atoms with E-state index in [0.717, 1.165) is 16.8 Å². The van der Waals surface area contributed by atoms with Crippen molar-refractivity contribution < 1.29 is 0 Å². The molecule has 3 aliphatic rings. The Morgan fingerprint density at radius 1 is 0.548 bits per heavy atom. The van der Waals surface area contributed by atoms with Gasteiger partial charge in [-0.15, -0.1) is 0 Å². The van der Waals surface area contributed by atoms with E-state index in [1.54, 1.807) is 0 Å². The maximum atomic E-state index is 9.71. The second-order valence-electron chi connectivity index (χ2n) is 10.9. The number of hydrogen-bond donors (Lipinski definition) is 0. The number of nitriles is 1. The van der Waals surface area contributed by atoms with Crippen molar-refractivity contribution in [2.45, 2.75) is 9.79 Å². The lowest BCUT2D eigenvalue weighted by Crippen LogP contribution is -2.61. The Hall–Kier alpha value is -5.18. The molecule has 0 N–H and O–H groups in total. The number of rotatable bonds is 2. The predicted molar refractivity (Wildman–Crippen MR) is 175 cm³/mol. The van der Waals surface area contributed by atoms with Gasteiger partial charge in [-0.05, 0) is 88.2 Å². The Kier molecular flexibility index (Phi) is 4.99. The summed E-state index contributed by atoms with van der Waals surface area (Å²) in [6, 6.07) is 50.0. The molecule has 5 heteroatoms. The molecule has 0 radical (unpaired) electrons. The van der Waals surface area contributed by atoms with Crippen LogP contribution in [-0.4, -0.2) is 6.71 Å². The molecule has 0 fully saturated rings. The van der Waals surface area contributed by atoms with Gasteiger partial charge in [0.15, 0.2) is 0 Å². The van der Waals surface area contributed by atoms with E-state index in [1.807, 2.05) is 30.0 Å². The van der Waals surface area contributed by atoms with Crippen LogP contribution in [0, 0.1) is 11.3 Å². The average Bonchev–Trinajstić information content (AvgIpc) is 3.06. The standard InChI is InChI=1S/C37H22BN3S/c39-23-24-10-8-11-25(20-24)26-21-32-36-33(22-26)41-31-17-6-7-18-34(31)42-35-19-9-15-29(37(35)41)38(36)28-14-4-5-16-30(28)40(32)27-12-2-1-3-13-27/h1-22H. The monoisotopic (exact) mass is 551 g/mol. The smallest absolute Gasteiger partial charge is 0.252 e. The molecule has 0 unspecified atom stereocenters. The molecule has 3 nitrogen and oxygen atoms in total. The highest BCUT2D eigenvalue weighted by Gasteiger charge is 2.45. The number of para-hydroxylation sites is 4. The van der Waals surface area contributed by atoms with Crippen LogP contribution >= 0.6 is 11.8 Å². The van der Waals surface area contributed by atoms with E-state index in [4.69, 9.17) is 0 Å². The Labute approximate surface area is 249 Å². The van der Waals surface area contributed by atoms with E-state index < -0.39 is 0 Å². The van der Waals surface area contributed by atoms with Gasteiger partial charge in [-0.25, -0.2) is 0 Å². The molecule has 0 atom stereocenters. The topological polar surface area (TPSA) is 30.3 Å². The van der Waals surface area contributed by atoms with Gasteiger partial charge in [0.1, 0.15) is 0 Å². The predicted octanol–water partition coefficient (Wildman–Crippen LogP) is 7.77. The average molecular weight is 551 g/mol. The van der Waals surface area contributed by atoms with Gasteiger partial charge in [0.05, 0.1) is 23.0 Å². The van der Waals surface area contributed by atoms with Gasteiger partial charge in [-0.3, -0.25) is 0 Å². The highest BCUT2D eigenvalue weighted by Crippen LogP contribution is 2.54. The maximum Gasteiger partial charge on any atom is 0.252 e. The Bertz CT molecular complexity index is 2120.